The zero-order valence-corrected chi connectivity index (χ0v) is 7.29. The van der Waals surface area contributed by atoms with Gasteiger partial charge in [-0.25, -0.2) is 0 Å². The Balaban J connectivity index is 4.36. The van der Waals surface area contributed by atoms with Crippen LogP contribution in [0.5, 0.6) is 0 Å². The molecule has 0 aliphatic carbocycles. The third-order valence-electron chi connectivity index (χ3n) is 2.06. The van der Waals surface area contributed by atoms with Crippen molar-refractivity contribution in [1.82, 2.24) is 0 Å². The lowest BCUT2D eigenvalue weighted by Gasteiger charge is -2.28. The molecule has 0 saturated carbocycles. The van der Waals surface area contributed by atoms with Crippen molar-refractivity contribution in [2.75, 3.05) is 6.61 Å². The molecule has 0 spiro atoms. The Kier molecular flexibility index (Phi) is 3.52. The summed E-state index contributed by atoms with van der Waals surface area (Å²) in [5, 5.41) is 17.6. The zero-order valence-electron chi connectivity index (χ0n) is 7.29. The van der Waals surface area contributed by atoms with E-state index in [9.17, 15) is 4.79 Å². The Morgan fingerprint density at radius 1 is 1.55 bits per heavy atom. The molecule has 0 amide bonds. The zero-order chi connectivity index (χ0) is 9.07. The average molecular weight is 160 g/mol. The second-order valence-corrected chi connectivity index (χ2v) is 3.45. The largest absolute Gasteiger partial charge is 0.481 e. The van der Waals surface area contributed by atoms with Crippen molar-refractivity contribution in [2.45, 2.75) is 27.2 Å². The first-order valence-corrected chi connectivity index (χ1v) is 3.79. The third-order valence-corrected chi connectivity index (χ3v) is 2.06. The number of carboxylic acids is 1. The van der Waals surface area contributed by atoms with E-state index in [-0.39, 0.29) is 6.61 Å². The van der Waals surface area contributed by atoms with Crippen LogP contribution in [0.1, 0.15) is 27.2 Å². The highest BCUT2D eigenvalue weighted by molar-refractivity contribution is 5.70. The van der Waals surface area contributed by atoms with Gasteiger partial charge in [0.05, 0.1) is 5.92 Å². The van der Waals surface area contributed by atoms with Gasteiger partial charge in [0.25, 0.3) is 0 Å². The van der Waals surface area contributed by atoms with Crippen molar-refractivity contribution in [2.24, 2.45) is 11.3 Å². The maximum Gasteiger partial charge on any atom is 0.307 e. The van der Waals surface area contributed by atoms with Gasteiger partial charge in [-0.1, -0.05) is 20.8 Å². The van der Waals surface area contributed by atoms with E-state index in [1.807, 2.05) is 6.92 Å². The normalized spacial score (nSPS) is 14.5. The first-order chi connectivity index (χ1) is 4.95. The van der Waals surface area contributed by atoms with Crippen molar-refractivity contribution >= 4 is 5.97 Å². The van der Waals surface area contributed by atoms with E-state index in [1.54, 1.807) is 13.8 Å². The summed E-state index contributed by atoms with van der Waals surface area (Å²) in [4.78, 5) is 10.6. The SMILES string of the molecule is CCC(C(=O)O)C(C)(C)CO. The Bertz CT molecular complexity index is 140. The lowest BCUT2D eigenvalue weighted by Crippen LogP contribution is -2.33. The van der Waals surface area contributed by atoms with Gasteiger partial charge in [-0.3, -0.25) is 4.79 Å². The van der Waals surface area contributed by atoms with E-state index in [1.165, 1.54) is 0 Å². The molecule has 0 aromatic heterocycles. The molecule has 0 fully saturated rings. The number of rotatable bonds is 4. The highest BCUT2D eigenvalue weighted by atomic mass is 16.4. The number of aliphatic hydroxyl groups excluding tert-OH is 1. The summed E-state index contributed by atoms with van der Waals surface area (Å²) in [5.41, 5.74) is -0.513. The maximum atomic E-state index is 10.6. The minimum absolute atomic E-state index is 0.0855. The van der Waals surface area contributed by atoms with Crippen molar-refractivity contribution in [1.29, 1.82) is 0 Å². The van der Waals surface area contributed by atoms with Gasteiger partial charge in [0.1, 0.15) is 0 Å². The lowest BCUT2D eigenvalue weighted by atomic mass is 9.78. The van der Waals surface area contributed by atoms with Gasteiger partial charge in [0.15, 0.2) is 0 Å². The molecule has 0 aromatic carbocycles. The van der Waals surface area contributed by atoms with E-state index in [0.29, 0.717) is 6.42 Å². The highest BCUT2D eigenvalue weighted by Crippen LogP contribution is 2.28. The standard InChI is InChI=1S/C8H16O3/c1-4-6(7(10)11)8(2,3)5-9/h6,9H,4-5H2,1-3H3,(H,10,11). The first-order valence-electron chi connectivity index (χ1n) is 3.79. The number of aliphatic hydroxyl groups is 1. The lowest BCUT2D eigenvalue weighted by molar-refractivity contribution is -0.147. The monoisotopic (exact) mass is 160 g/mol. The van der Waals surface area contributed by atoms with E-state index in [2.05, 4.69) is 0 Å². The molecule has 0 radical (unpaired) electrons. The molecule has 0 aromatic rings. The molecule has 1 atom stereocenters. The molecule has 0 aliphatic heterocycles. The molecule has 0 heterocycles. The number of carbonyl (C=O) groups is 1. The molecule has 0 saturated heterocycles. The Hall–Kier alpha value is -0.570. The summed E-state index contributed by atoms with van der Waals surface area (Å²) in [6, 6.07) is 0. The molecular formula is C8H16O3. The van der Waals surface area contributed by atoms with Crippen LogP contribution >= 0.6 is 0 Å². The minimum Gasteiger partial charge on any atom is -0.481 e. The molecule has 2 N–H and O–H groups in total. The van der Waals surface area contributed by atoms with Crippen LogP contribution in [0.15, 0.2) is 0 Å². The number of hydrogen-bond donors (Lipinski definition) is 2. The maximum absolute atomic E-state index is 10.6. The van der Waals surface area contributed by atoms with Crippen LogP contribution < -0.4 is 0 Å². The van der Waals surface area contributed by atoms with E-state index in [4.69, 9.17) is 10.2 Å². The third kappa shape index (κ3) is 2.50. The van der Waals surface area contributed by atoms with Crippen molar-refractivity contribution < 1.29 is 15.0 Å². The topological polar surface area (TPSA) is 57.5 Å². The van der Waals surface area contributed by atoms with E-state index in [0.717, 1.165) is 0 Å². The second kappa shape index (κ2) is 3.72. The van der Waals surface area contributed by atoms with Crippen LogP contribution in [0.4, 0.5) is 0 Å². The number of aliphatic carboxylic acids is 1. The predicted molar refractivity (Wildman–Crippen MR) is 42.3 cm³/mol. The quantitative estimate of drug-likeness (QED) is 0.647. The number of hydrogen-bond acceptors (Lipinski definition) is 2. The van der Waals surface area contributed by atoms with Gasteiger partial charge in [-0.2, -0.15) is 0 Å². The Morgan fingerprint density at radius 3 is 2.09 bits per heavy atom. The molecule has 0 bridgehead atoms. The molecule has 0 rings (SSSR count). The molecular weight excluding hydrogens is 144 g/mol. The fraction of sp³-hybridized carbons (Fsp3) is 0.875. The molecule has 3 nitrogen and oxygen atoms in total. The van der Waals surface area contributed by atoms with Gasteiger partial charge in [0.2, 0.25) is 0 Å². The van der Waals surface area contributed by atoms with Gasteiger partial charge < -0.3 is 10.2 Å². The van der Waals surface area contributed by atoms with Gasteiger partial charge in [-0.15, -0.1) is 0 Å². The molecule has 11 heavy (non-hydrogen) atoms. The predicted octanol–water partition coefficient (Wildman–Crippen LogP) is 1.12. The summed E-state index contributed by atoms with van der Waals surface area (Å²) >= 11 is 0. The smallest absolute Gasteiger partial charge is 0.307 e. The first kappa shape index (κ1) is 10.4. The minimum atomic E-state index is -0.827. The molecule has 66 valence electrons. The van der Waals surface area contributed by atoms with Gasteiger partial charge in [-0.05, 0) is 6.42 Å². The van der Waals surface area contributed by atoms with Crippen LogP contribution in [0, 0.1) is 11.3 Å². The van der Waals surface area contributed by atoms with Gasteiger partial charge in [0, 0.05) is 12.0 Å². The number of carboxylic acid groups (broad SMARTS) is 1. The van der Waals surface area contributed by atoms with Crippen LogP contribution in [0.3, 0.4) is 0 Å². The van der Waals surface area contributed by atoms with Crippen molar-refractivity contribution in [3.05, 3.63) is 0 Å². The second-order valence-electron chi connectivity index (χ2n) is 3.45. The Morgan fingerprint density at radius 2 is 2.00 bits per heavy atom. The van der Waals surface area contributed by atoms with E-state index >= 15 is 0 Å². The summed E-state index contributed by atoms with van der Waals surface area (Å²) in [6.45, 7) is 5.25. The Labute approximate surface area is 67.0 Å². The molecule has 3 heteroatoms. The van der Waals surface area contributed by atoms with Crippen LogP contribution in [-0.2, 0) is 4.79 Å². The van der Waals surface area contributed by atoms with Crippen LogP contribution in [0.2, 0.25) is 0 Å². The summed E-state index contributed by atoms with van der Waals surface area (Å²) in [5.74, 6) is -1.28. The van der Waals surface area contributed by atoms with Gasteiger partial charge >= 0.3 is 5.97 Å². The van der Waals surface area contributed by atoms with Crippen LogP contribution in [-0.4, -0.2) is 22.8 Å². The average Bonchev–Trinajstić information content (AvgIpc) is 1.88. The van der Waals surface area contributed by atoms with Crippen LogP contribution in [0.25, 0.3) is 0 Å². The fourth-order valence-corrected chi connectivity index (χ4v) is 1.17. The van der Waals surface area contributed by atoms with Crippen molar-refractivity contribution in [3.63, 3.8) is 0 Å². The summed E-state index contributed by atoms with van der Waals surface area (Å²) in [7, 11) is 0. The summed E-state index contributed by atoms with van der Waals surface area (Å²) in [6.07, 6.45) is 0.558. The molecule has 1 unspecified atom stereocenters. The fourth-order valence-electron chi connectivity index (χ4n) is 1.17. The summed E-state index contributed by atoms with van der Waals surface area (Å²) < 4.78 is 0. The van der Waals surface area contributed by atoms with Crippen molar-refractivity contribution in [3.8, 4) is 0 Å². The molecule has 0 aliphatic rings. The van der Waals surface area contributed by atoms with E-state index < -0.39 is 17.3 Å². The highest BCUT2D eigenvalue weighted by Gasteiger charge is 2.32.